The molecule has 1 amide bonds. The molecule has 0 atom stereocenters. The van der Waals surface area contributed by atoms with Gasteiger partial charge in [0.25, 0.3) is 5.91 Å². The molecule has 0 spiro atoms. The number of nitrogens with zero attached hydrogens (tertiary/aromatic N) is 2. The number of carbonyl (C=O) groups excluding carboxylic acids is 1. The zero-order chi connectivity index (χ0) is 13.3. The lowest BCUT2D eigenvalue weighted by Crippen LogP contribution is -2.33. The van der Waals surface area contributed by atoms with E-state index in [4.69, 9.17) is 5.84 Å². The van der Waals surface area contributed by atoms with Gasteiger partial charge in [0.05, 0.1) is 11.0 Å². The maximum Gasteiger partial charge on any atom is 0.435 e. The topological polar surface area (TPSA) is 80.9 Å². The molecule has 2 aromatic rings. The number of benzene rings is 1. The summed E-state index contributed by atoms with van der Waals surface area (Å²) in [6.45, 7) is 0. The van der Waals surface area contributed by atoms with E-state index < -0.39 is 23.5 Å². The molecule has 0 aliphatic rings. The third kappa shape index (κ3) is 2.09. The fourth-order valence-corrected chi connectivity index (χ4v) is 1.42. The zero-order valence-corrected chi connectivity index (χ0v) is 8.82. The van der Waals surface area contributed by atoms with Gasteiger partial charge in [0.1, 0.15) is 0 Å². The van der Waals surface area contributed by atoms with Gasteiger partial charge in [0.15, 0.2) is 11.4 Å². The van der Waals surface area contributed by atoms with Crippen molar-refractivity contribution < 1.29 is 18.0 Å². The lowest BCUT2D eigenvalue weighted by molar-refractivity contribution is -0.141. The summed E-state index contributed by atoms with van der Waals surface area (Å²) >= 11 is 0. The van der Waals surface area contributed by atoms with Crippen molar-refractivity contribution in [2.45, 2.75) is 6.18 Å². The number of nitrogens with one attached hydrogen (secondary N) is 1. The summed E-state index contributed by atoms with van der Waals surface area (Å²) in [5.41, 5.74) is -0.346. The lowest BCUT2D eigenvalue weighted by Gasteiger charge is -2.10. The van der Waals surface area contributed by atoms with Crippen molar-refractivity contribution in [2.24, 2.45) is 5.84 Å². The number of hydrogen-bond acceptors (Lipinski definition) is 4. The second-order valence-electron chi connectivity index (χ2n) is 3.38. The van der Waals surface area contributed by atoms with E-state index in [1.807, 2.05) is 0 Å². The Hall–Kier alpha value is -2.22. The number of rotatable bonds is 1. The number of halogens is 3. The highest BCUT2D eigenvalue weighted by Gasteiger charge is 2.38. The summed E-state index contributed by atoms with van der Waals surface area (Å²) in [5, 5.41) is 0. The second-order valence-corrected chi connectivity index (χ2v) is 3.38. The van der Waals surface area contributed by atoms with Crippen molar-refractivity contribution >= 4 is 16.9 Å². The Labute approximate surface area is 98.8 Å². The molecule has 1 aromatic heterocycles. The van der Waals surface area contributed by atoms with Crippen molar-refractivity contribution in [2.75, 3.05) is 0 Å². The number of carbonyl (C=O) groups is 1. The lowest BCUT2D eigenvalue weighted by atomic mass is 10.2. The third-order valence-electron chi connectivity index (χ3n) is 2.19. The van der Waals surface area contributed by atoms with Gasteiger partial charge in [-0.25, -0.2) is 15.8 Å². The molecule has 94 valence electrons. The molecule has 1 heterocycles. The Morgan fingerprint density at radius 1 is 1.17 bits per heavy atom. The average Bonchev–Trinajstić information content (AvgIpc) is 2.35. The zero-order valence-electron chi connectivity index (χ0n) is 8.82. The van der Waals surface area contributed by atoms with Crippen LogP contribution in [-0.4, -0.2) is 15.9 Å². The van der Waals surface area contributed by atoms with Gasteiger partial charge < -0.3 is 0 Å². The van der Waals surface area contributed by atoms with Gasteiger partial charge in [-0.15, -0.1) is 0 Å². The predicted octanol–water partition coefficient (Wildman–Crippen LogP) is 1.25. The standard InChI is InChI=1S/C10H7F3N4O/c11-10(12,13)8-7(9(18)17-14)15-5-3-1-2-4-6(5)16-8/h1-4H,14H2,(H,17,18). The van der Waals surface area contributed by atoms with Crippen LogP contribution in [0.25, 0.3) is 11.0 Å². The van der Waals surface area contributed by atoms with Crippen LogP contribution in [0.4, 0.5) is 13.2 Å². The number of fused-ring (bicyclic) bond motifs is 1. The Kier molecular flexibility index (Phi) is 2.87. The molecule has 0 radical (unpaired) electrons. The molecular formula is C10H7F3N4O. The maximum absolute atomic E-state index is 12.7. The van der Waals surface area contributed by atoms with Crippen molar-refractivity contribution in [1.82, 2.24) is 15.4 Å². The number of alkyl halides is 3. The summed E-state index contributed by atoms with van der Waals surface area (Å²) in [6, 6.07) is 5.94. The quantitative estimate of drug-likeness (QED) is 0.457. The second kappa shape index (κ2) is 4.22. The van der Waals surface area contributed by atoms with Crippen LogP contribution in [0.2, 0.25) is 0 Å². The van der Waals surface area contributed by atoms with Crippen LogP contribution in [0.5, 0.6) is 0 Å². The summed E-state index contributed by atoms with van der Waals surface area (Å²) in [5.74, 6) is 3.69. The normalized spacial score (nSPS) is 11.6. The molecule has 0 aliphatic carbocycles. The molecule has 18 heavy (non-hydrogen) atoms. The number of hydrazine groups is 1. The Bertz CT molecular complexity index is 612. The molecular weight excluding hydrogens is 249 g/mol. The van der Waals surface area contributed by atoms with Crippen molar-refractivity contribution in [1.29, 1.82) is 0 Å². The van der Waals surface area contributed by atoms with Crippen molar-refractivity contribution in [3.63, 3.8) is 0 Å². The first-order chi connectivity index (χ1) is 8.43. The minimum Gasteiger partial charge on any atom is -0.289 e. The first-order valence-electron chi connectivity index (χ1n) is 4.78. The smallest absolute Gasteiger partial charge is 0.289 e. The highest BCUT2D eigenvalue weighted by Crippen LogP contribution is 2.30. The van der Waals surface area contributed by atoms with E-state index in [2.05, 4.69) is 9.97 Å². The Balaban J connectivity index is 2.76. The summed E-state index contributed by atoms with van der Waals surface area (Å²) in [7, 11) is 0. The van der Waals surface area contributed by atoms with E-state index in [0.29, 0.717) is 0 Å². The average molecular weight is 256 g/mol. The maximum atomic E-state index is 12.7. The fourth-order valence-electron chi connectivity index (χ4n) is 1.42. The molecule has 0 saturated carbocycles. The number of nitrogens with two attached hydrogens (primary N) is 1. The largest absolute Gasteiger partial charge is 0.435 e. The molecule has 0 bridgehead atoms. The predicted molar refractivity (Wildman–Crippen MR) is 56.2 cm³/mol. The molecule has 0 fully saturated rings. The van der Waals surface area contributed by atoms with Crippen LogP contribution in [-0.2, 0) is 6.18 Å². The van der Waals surface area contributed by atoms with Gasteiger partial charge >= 0.3 is 6.18 Å². The number of hydrogen-bond donors (Lipinski definition) is 2. The van der Waals surface area contributed by atoms with Gasteiger partial charge in [0, 0.05) is 0 Å². The monoisotopic (exact) mass is 256 g/mol. The van der Waals surface area contributed by atoms with Crippen LogP contribution in [0.3, 0.4) is 0 Å². The van der Waals surface area contributed by atoms with E-state index in [1.165, 1.54) is 18.2 Å². The molecule has 5 nitrogen and oxygen atoms in total. The fraction of sp³-hybridized carbons (Fsp3) is 0.100. The van der Waals surface area contributed by atoms with E-state index in [0.717, 1.165) is 0 Å². The number of aromatic nitrogens is 2. The van der Waals surface area contributed by atoms with E-state index >= 15 is 0 Å². The first-order valence-corrected chi connectivity index (χ1v) is 4.78. The van der Waals surface area contributed by atoms with Gasteiger partial charge in [-0.05, 0) is 12.1 Å². The summed E-state index contributed by atoms with van der Waals surface area (Å²) in [6.07, 6.45) is -4.78. The molecule has 0 unspecified atom stereocenters. The van der Waals surface area contributed by atoms with Crippen LogP contribution in [0, 0.1) is 0 Å². The number of para-hydroxylation sites is 2. The van der Waals surface area contributed by atoms with E-state index in [1.54, 1.807) is 11.5 Å². The minimum atomic E-state index is -4.78. The molecule has 3 N–H and O–H groups in total. The molecule has 1 aromatic carbocycles. The molecule has 0 saturated heterocycles. The van der Waals surface area contributed by atoms with Crippen LogP contribution >= 0.6 is 0 Å². The summed E-state index contributed by atoms with van der Waals surface area (Å²) < 4.78 is 38.2. The Morgan fingerprint density at radius 2 is 1.72 bits per heavy atom. The molecule has 8 heteroatoms. The molecule has 2 rings (SSSR count). The van der Waals surface area contributed by atoms with Crippen LogP contribution in [0.15, 0.2) is 24.3 Å². The van der Waals surface area contributed by atoms with Gasteiger partial charge in [-0.1, -0.05) is 12.1 Å². The highest BCUT2D eigenvalue weighted by atomic mass is 19.4. The van der Waals surface area contributed by atoms with Gasteiger partial charge in [0.2, 0.25) is 0 Å². The SMILES string of the molecule is NNC(=O)c1nc2ccccc2nc1C(F)(F)F. The van der Waals surface area contributed by atoms with E-state index in [9.17, 15) is 18.0 Å². The third-order valence-corrected chi connectivity index (χ3v) is 2.19. The minimum absolute atomic E-state index is 0.0541. The Morgan fingerprint density at radius 3 is 2.22 bits per heavy atom. The molecule has 0 aliphatic heterocycles. The number of amides is 1. The van der Waals surface area contributed by atoms with Gasteiger partial charge in [-0.3, -0.25) is 10.2 Å². The first kappa shape index (κ1) is 12.2. The van der Waals surface area contributed by atoms with Gasteiger partial charge in [-0.2, -0.15) is 13.2 Å². The van der Waals surface area contributed by atoms with Crippen molar-refractivity contribution in [3.05, 3.63) is 35.7 Å². The van der Waals surface area contributed by atoms with Crippen LogP contribution in [0.1, 0.15) is 16.2 Å². The highest BCUT2D eigenvalue weighted by molar-refractivity contribution is 5.95. The number of nitrogen functional groups attached to an aromatic ring is 1. The van der Waals surface area contributed by atoms with Crippen LogP contribution < -0.4 is 11.3 Å². The van der Waals surface area contributed by atoms with Crippen molar-refractivity contribution in [3.8, 4) is 0 Å². The van der Waals surface area contributed by atoms with E-state index in [-0.39, 0.29) is 11.0 Å². The summed E-state index contributed by atoms with van der Waals surface area (Å²) in [4.78, 5) is 18.3.